The topological polar surface area (TPSA) is 41.5 Å². The van der Waals surface area contributed by atoms with Gasteiger partial charge in [0.05, 0.1) is 6.61 Å². The van der Waals surface area contributed by atoms with Crippen LogP contribution in [0.2, 0.25) is 0 Å². The normalized spacial score (nSPS) is 23.0. The summed E-state index contributed by atoms with van der Waals surface area (Å²) in [7, 11) is 0. The van der Waals surface area contributed by atoms with Gasteiger partial charge in [0.15, 0.2) is 0 Å². The summed E-state index contributed by atoms with van der Waals surface area (Å²) in [5.41, 5.74) is 1.39. The van der Waals surface area contributed by atoms with Gasteiger partial charge in [-0.2, -0.15) is 0 Å². The lowest BCUT2D eigenvalue weighted by atomic mass is 9.78. The van der Waals surface area contributed by atoms with E-state index in [1.807, 2.05) is 0 Å². The number of rotatable bonds is 7. The third-order valence-corrected chi connectivity index (χ3v) is 5.61. The molecule has 3 nitrogen and oxygen atoms in total. The predicted octanol–water partition coefficient (Wildman–Crippen LogP) is 3.30. The standard InChI is InChI=1S/C19H29NO2/c21-15-19(9-11-22-12-10-19)14-20-18(13-16-5-4-6-16)17-7-2-1-3-8-17/h1-3,7-8,16,18,20-21H,4-6,9-15H2. The van der Waals surface area contributed by atoms with Crippen molar-refractivity contribution in [2.75, 3.05) is 26.4 Å². The van der Waals surface area contributed by atoms with Gasteiger partial charge in [0, 0.05) is 31.2 Å². The number of ether oxygens (including phenoxy) is 1. The van der Waals surface area contributed by atoms with E-state index in [0.29, 0.717) is 6.04 Å². The van der Waals surface area contributed by atoms with Crippen molar-refractivity contribution in [3.63, 3.8) is 0 Å². The number of hydrogen-bond acceptors (Lipinski definition) is 3. The number of aliphatic hydroxyl groups is 1. The second kappa shape index (κ2) is 7.58. The molecule has 1 saturated heterocycles. The maximum atomic E-state index is 9.87. The van der Waals surface area contributed by atoms with Crippen molar-refractivity contribution in [2.45, 2.75) is 44.6 Å². The molecule has 2 N–H and O–H groups in total. The molecule has 0 amide bonds. The molecule has 1 heterocycles. The Bertz CT molecular complexity index is 438. The quantitative estimate of drug-likeness (QED) is 0.812. The first-order chi connectivity index (χ1) is 10.8. The number of benzene rings is 1. The van der Waals surface area contributed by atoms with Gasteiger partial charge in [0.25, 0.3) is 0 Å². The Morgan fingerprint density at radius 1 is 1.18 bits per heavy atom. The van der Waals surface area contributed by atoms with Crippen LogP contribution in [0.25, 0.3) is 0 Å². The van der Waals surface area contributed by atoms with Gasteiger partial charge in [-0.15, -0.1) is 0 Å². The van der Waals surface area contributed by atoms with E-state index in [1.54, 1.807) is 0 Å². The zero-order chi connectivity index (χ0) is 15.3. The highest BCUT2D eigenvalue weighted by molar-refractivity contribution is 5.19. The molecule has 1 saturated carbocycles. The molecule has 1 atom stereocenters. The largest absolute Gasteiger partial charge is 0.396 e. The van der Waals surface area contributed by atoms with Crippen molar-refractivity contribution in [3.05, 3.63) is 35.9 Å². The minimum absolute atomic E-state index is 0.00485. The Labute approximate surface area is 134 Å². The summed E-state index contributed by atoms with van der Waals surface area (Å²) in [5, 5.41) is 13.6. The molecule has 0 bridgehead atoms. The highest BCUT2D eigenvalue weighted by Gasteiger charge is 2.33. The fraction of sp³-hybridized carbons (Fsp3) is 0.684. The maximum Gasteiger partial charge on any atom is 0.0501 e. The van der Waals surface area contributed by atoms with Crippen molar-refractivity contribution >= 4 is 0 Å². The molecule has 22 heavy (non-hydrogen) atoms. The lowest BCUT2D eigenvalue weighted by Crippen LogP contribution is -2.43. The van der Waals surface area contributed by atoms with Gasteiger partial charge in [0.2, 0.25) is 0 Å². The van der Waals surface area contributed by atoms with E-state index >= 15 is 0 Å². The summed E-state index contributed by atoms with van der Waals surface area (Å²) in [6, 6.07) is 11.2. The molecule has 1 unspecified atom stereocenters. The Kier molecular flexibility index (Phi) is 5.51. The minimum Gasteiger partial charge on any atom is -0.396 e. The van der Waals surface area contributed by atoms with Gasteiger partial charge in [0.1, 0.15) is 0 Å². The van der Waals surface area contributed by atoms with Crippen LogP contribution in [0.5, 0.6) is 0 Å². The minimum atomic E-state index is 0.00485. The monoisotopic (exact) mass is 303 g/mol. The predicted molar refractivity (Wildman–Crippen MR) is 88.7 cm³/mol. The lowest BCUT2D eigenvalue weighted by molar-refractivity contribution is -0.0170. The van der Waals surface area contributed by atoms with E-state index < -0.39 is 0 Å². The number of hydrogen-bond donors (Lipinski definition) is 2. The molecule has 1 aliphatic heterocycles. The third-order valence-electron chi connectivity index (χ3n) is 5.61. The Balaban J connectivity index is 1.63. The highest BCUT2D eigenvalue weighted by Crippen LogP contribution is 2.36. The summed E-state index contributed by atoms with van der Waals surface area (Å²) in [6.07, 6.45) is 7.29. The van der Waals surface area contributed by atoms with Crippen LogP contribution in [0.4, 0.5) is 0 Å². The average molecular weight is 303 g/mol. The van der Waals surface area contributed by atoms with Gasteiger partial charge in [-0.05, 0) is 30.7 Å². The SMILES string of the molecule is OCC1(CNC(CC2CCC2)c2ccccc2)CCOCC1. The van der Waals surface area contributed by atoms with Crippen LogP contribution in [0.3, 0.4) is 0 Å². The molecule has 2 aliphatic rings. The Hall–Kier alpha value is -0.900. The molecule has 3 rings (SSSR count). The maximum absolute atomic E-state index is 9.87. The Morgan fingerprint density at radius 3 is 2.50 bits per heavy atom. The van der Waals surface area contributed by atoms with E-state index in [2.05, 4.69) is 35.6 Å². The summed E-state index contributed by atoms with van der Waals surface area (Å²) in [6.45, 7) is 2.70. The van der Waals surface area contributed by atoms with Crippen LogP contribution >= 0.6 is 0 Å². The van der Waals surface area contributed by atoms with Crippen LogP contribution in [0, 0.1) is 11.3 Å². The second-order valence-electron chi connectivity index (χ2n) is 7.15. The molecule has 3 heteroatoms. The summed E-state index contributed by atoms with van der Waals surface area (Å²) in [5.74, 6) is 0.873. The third kappa shape index (κ3) is 3.89. The molecule has 0 radical (unpaired) electrons. The lowest BCUT2D eigenvalue weighted by Gasteiger charge is -2.38. The smallest absolute Gasteiger partial charge is 0.0501 e. The Morgan fingerprint density at radius 2 is 1.91 bits per heavy atom. The molecule has 122 valence electrons. The van der Waals surface area contributed by atoms with Gasteiger partial charge in [-0.3, -0.25) is 0 Å². The number of aliphatic hydroxyl groups excluding tert-OH is 1. The van der Waals surface area contributed by atoms with Crippen molar-refractivity contribution in [2.24, 2.45) is 11.3 Å². The summed E-state index contributed by atoms with van der Waals surface area (Å²) < 4.78 is 5.47. The molecule has 0 spiro atoms. The average Bonchev–Trinajstić information content (AvgIpc) is 2.55. The van der Waals surface area contributed by atoms with Gasteiger partial charge in [-0.1, -0.05) is 49.6 Å². The molecular formula is C19H29NO2. The van der Waals surface area contributed by atoms with Crippen LogP contribution in [-0.4, -0.2) is 31.5 Å². The molecule has 0 aromatic heterocycles. The first kappa shape index (κ1) is 16.0. The van der Waals surface area contributed by atoms with Crippen molar-refractivity contribution in [3.8, 4) is 0 Å². The van der Waals surface area contributed by atoms with Gasteiger partial charge >= 0.3 is 0 Å². The van der Waals surface area contributed by atoms with Crippen LogP contribution in [0.1, 0.15) is 50.1 Å². The van der Waals surface area contributed by atoms with E-state index in [0.717, 1.165) is 38.5 Å². The fourth-order valence-electron chi connectivity index (χ4n) is 3.62. The zero-order valence-corrected chi connectivity index (χ0v) is 13.5. The van der Waals surface area contributed by atoms with E-state index in [4.69, 9.17) is 4.74 Å². The first-order valence-corrected chi connectivity index (χ1v) is 8.78. The molecular weight excluding hydrogens is 274 g/mol. The summed E-state index contributed by atoms with van der Waals surface area (Å²) in [4.78, 5) is 0. The van der Waals surface area contributed by atoms with Gasteiger partial charge in [-0.25, -0.2) is 0 Å². The van der Waals surface area contributed by atoms with Crippen molar-refractivity contribution < 1.29 is 9.84 Å². The second-order valence-corrected chi connectivity index (χ2v) is 7.15. The van der Waals surface area contributed by atoms with Crippen LogP contribution in [-0.2, 0) is 4.74 Å². The van der Waals surface area contributed by atoms with Crippen LogP contribution in [0.15, 0.2) is 30.3 Å². The molecule has 1 aromatic rings. The van der Waals surface area contributed by atoms with E-state index in [9.17, 15) is 5.11 Å². The highest BCUT2D eigenvalue weighted by atomic mass is 16.5. The fourth-order valence-corrected chi connectivity index (χ4v) is 3.62. The van der Waals surface area contributed by atoms with Gasteiger partial charge < -0.3 is 15.2 Å². The number of nitrogens with one attached hydrogen (secondary N) is 1. The van der Waals surface area contributed by atoms with Crippen molar-refractivity contribution in [1.29, 1.82) is 0 Å². The molecule has 2 fully saturated rings. The zero-order valence-electron chi connectivity index (χ0n) is 13.5. The van der Waals surface area contributed by atoms with E-state index in [-0.39, 0.29) is 12.0 Å². The first-order valence-electron chi connectivity index (χ1n) is 8.78. The molecule has 1 aliphatic carbocycles. The van der Waals surface area contributed by atoms with Crippen molar-refractivity contribution in [1.82, 2.24) is 5.32 Å². The van der Waals surface area contributed by atoms with Crippen LogP contribution < -0.4 is 5.32 Å². The summed E-state index contributed by atoms with van der Waals surface area (Å²) >= 11 is 0. The van der Waals surface area contributed by atoms with E-state index in [1.165, 1.54) is 31.2 Å². The molecule has 1 aromatic carbocycles.